The number of rotatable bonds is 8. The zero-order chi connectivity index (χ0) is 17.7. The third kappa shape index (κ3) is 4.82. The molecule has 0 fully saturated rings. The number of para-hydroxylation sites is 1. The minimum absolute atomic E-state index is 0.135. The van der Waals surface area contributed by atoms with Gasteiger partial charge in [0.2, 0.25) is 15.9 Å². The number of sulfonamides is 1. The van der Waals surface area contributed by atoms with E-state index in [0.717, 1.165) is 22.9 Å². The largest absolute Gasteiger partial charge is 0.361 e. The van der Waals surface area contributed by atoms with Crippen LogP contribution >= 0.6 is 0 Å². The zero-order valence-electron chi connectivity index (χ0n) is 14.4. The van der Waals surface area contributed by atoms with E-state index in [9.17, 15) is 13.2 Å². The molecule has 1 aromatic carbocycles. The van der Waals surface area contributed by atoms with Gasteiger partial charge in [-0.3, -0.25) is 4.79 Å². The van der Waals surface area contributed by atoms with Crippen molar-refractivity contribution in [3.05, 3.63) is 36.0 Å². The molecule has 0 saturated heterocycles. The minimum Gasteiger partial charge on any atom is -0.361 e. The molecule has 0 aliphatic heterocycles. The number of hydrogen-bond donors (Lipinski definition) is 2. The minimum atomic E-state index is -3.29. The molecule has 0 unspecified atom stereocenters. The maximum Gasteiger partial charge on any atom is 0.221 e. The zero-order valence-corrected chi connectivity index (χ0v) is 15.2. The Bertz CT molecular complexity index is 796. The second kappa shape index (κ2) is 7.81. The number of aromatic nitrogens is 1. The van der Waals surface area contributed by atoms with Crippen LogP contribution in [0.2, 0.25) is 0 Å². The second-order valence-electron chi connectivity index (χ2n) is 6.18. The van der Waals surface area contributed by atoms with Crippen LogP contribution in [0.15, 0.2) is 30.5 Å². The van der Waals surface area contributed by atoms with Gasteiger partial charge in [0.05, 0.1) is 6.26 Å². The average molecular weight is 351 g/mol. The summed E-state index contributed by atoms with van der Waals surface area (Å²) in [4.78, 5) is 15.2. The Morgan fingerprint density at radius 2 is 2.00 bits per heavy atom. The number of benzene rings is 1. The molecular formula is C17H25N3O3S. The number of H-pyrrole nitrogens is 1. The van der Waals surface area contributed by atoms with Crippen molar-refractivity contribution in [1.82, 2.24) is 14.6 Å². The standard InChI is InChI=1S/C17H25N3O3S/c1-13(2)20(24(3,22)23)11-9-17(21)18-10-8-14-12-19-16-7-5-4-6-15(14)16/h4-7,12-13,19H,8-11H2,1-3H3,(H,18,21). The number of nitrogens with one attached hydrogen (secondary N) is 2. The van der Waals surface area contributed by atoms with Crippen molar-refractivity contribution in [3.63, 3.8) is 0 Å². The lowest BCUT2D eigenvalue weighted by atomic mass is 10.1. The van der Waals surface area contributed by atoms with Crippen LogP contribution in [-0.4, -0.2) is 49.0 Å². The summed E-state index contributed by atoms with van der Waals surface area (Å²) in [5, 5.41) is 4.02. The highest BCUT2D eigenvalue weighted by atomic mass is 32.2. The maximum absolute atomic E-state index is 11.9. The summed E-state index contributed by atoms with van der Waals surface area (Å²) in [6.45, 7) is 4.34. The SMILES string of the molecule is CC(C)N(CCC(=O)NCCc1c[nH]c2ccccc12)S(C)(=O)=O. The van der Waals surface area contributed by atoms with Gasteiger partial charge in [-0.25, -0.2) is 8.42 Å². The highest BCUT2D eigenvalue weighted by molar-refractivity contribution is 7.88. The number of amides is 1. The van der Waals surface area contributed by atoms with E-state index in [-0.39, 0.29) is 24.9 Å². The molecule has 24 heavy (non-hydrogen) atoms. The molecule has 2 aromatic rings. The number of fused-ring (bicyclic) bond motifs is 1. The molecule has 0 spiro atoms. The summed E-state index contributed by atoms with van der Waals surface area (Å²) < 4.78 is 24.7. The van der Waals surface area contributed by atoms with Crippen LogP contribution in [0.3, 0.4) is 0 Å². The first-order chi connectivity index (χ1) is 11.3. The van der Waals surface area contributed by atoms with Crippen molar-refractivity contribution in [1.29, 1.82) is 0 Å². The fourth-order valence-electron chi connectivity index (χ4n) is 2.78. The molecule has 1 amide bonds. The van der Waals surface area contributed by atoms with E-state index in [1.165, 1.54) is 10.6 Å². The van der Waals surface area contributed by atoms with Crippen molar-refractivity contribution in [3.8, 4) is 0 Å². The first-order valence-corrected chi connectivity index (χ1v) is 9.92. The third-order valence-corrected chi connectivity index (χ3v) is 5.41. The fraction of sp³-hybridized carbons (Fsp3) is 0.471. The lowest BCUT2D eigenvalue weighted by Gasteiger charge is -2.23. The molecule has 1 aromatic heterocycles. The monoisotopic (exact) mass is 351 g/mol. The maximum atomic E-state index is 11.9. The molecular weight excluding hydrogens is 326 g/mol. The average Bonchev–Trinajstić information content (AvgIpc) is 2.89. The van der Waals surface area contributed by atoms with Gasteiger partial charge in [0, 0.05) is 42.7 Å². The first kappa shape index (κ1) is 18.5. The second-order valence-corrected chi connectivity index (χ2v) is 8.11. The predicted molar refractivity (Wildman–Crippen MR) is 96.3 cm³/mol. The van der Waals surface area contributed by atoms with E-state index in [1.54, 1.807) is 13.8 Å². The van der Waals surface area contributed by atoms with Crippen LogP contribution < -0.4 is 5.32 Å². The summed E-state index contributed by atoms with van der Waals surface area (Å²) in [5.74, 6) is -0.135. The summed E-state index contributed by atoms with van der Waals surface area (Å²) in [6, 6.07) is 7.88. The van der Waals surface area contributed by atoms with Gasteiger partial charge in [-0.2, -0.15) is 4.31 Å². The summed E-state index contributed by atoms with van der Waals surface area (Å²) in [5.41, 5.74) is 2.24. The van der Waals surface area contributed by atoms with Crippen LogP contribution in [0.25, 0.3) is 10.9 Å². The Morgan fingerprint density at radius 1 is 1.29 bits per heavy atom. The van der Waals surface area contributed by atoms with Gasteiger partial charge in [0.1, 0.15) is 0 Å². The van der Waals surface area contributed by atoms with Gasteiger partial charge < -0.3 is 10.3 Å². The lowest BCUT2D eigenvalue weighted by Crippen LogP contribution is -2.39. The normalized spacial score (nSPS) is 12.2. The van der Waals surface area contributed by atoms with Gasteiger partial charge in [0.25, 0.3) is 0 Å². The predicted octanol–water partition coefficient (Wildman–Crippen LogP) is 1.89. The van der Waals surface area contributed by atoms with E-state index < -0.39 is 10.0 Å². The smallest absolute Gasteiger partial charge is 0.221 e. The lowest BCUT2D eigenvalue weighted by molar-refractivity contribution is -0.121. The molecule has 1 heterocycles. The summed E-state index contributed by atoms with van der Waals surface area (Å²) in [7, 11) is -3.29. The molecule has 7 heteroatoms. The molecule has 2 rings (SSSR count). The molecule has 0 saturated carbocycles. The van der Waals surface area contributed by atoms with Crippen LogP contribution in [0.5, 0.6) is 0 Å². The Morgan fingerprint density at radius 3 is 2.67 bits per heavy atom. The van der Waals surface area contributed by atoms with Crippen LogP contribution in [-0.2, 0) is 21.2 Å². The van der Waals surface area contributed by atoms with Crippen LogP contribution in [0.4, 0.5) is 0 Å². The molecule has 132 valence electrons. The first-order valence-electron chi connectivity index (χ1n) is 8.07. The summed E-state index contributed by atoms with van der Waals surface area (Å²) >= 11 is 0. The highest BCUT2D eigenvalue weighted by Crippen LogP contribution is 2.17. The van der Waals surface area contributed by atoms with E-state index in [0.29, 0.717) is 6.54 Å². The van der Waals surface area contributed by atoms with Gasteiger partial charge in [-0.05, 0) is 31.9 Å². The number of carbonyl (C=O) groups is 1. The number of nitrogens with zero attached hydrogens (tertiary/aromatic N) is 1. The fourth-order valence-corrected chi connectivity index (χ4v) is 3.97. The highest BCUT2D eigenvalue weighted by Gasteiger charge is 2.20. The van der Waals surface area contributed by atoms with Crippen LogP contribution in [0, 0.1) is 0 Å². The number of aromatic amines is 1. The van der Waals surface area contributed by atoms with Crippen LogP contribution in [0.1, 0.15) is 25.8 Å². The van der Waals surface area contributed by atoms with E-state index in [4.69, 9.17) is 0 Å². The van der Waals surface area contributed by atoms with Gasteiger partial charge in [-0.15, -0.1) is 0 Å². The topological polar surface area (TPSA) is 82.3 Å². The van der Waals surface area contributed by atoms with Gasteiger partial charge >= 0.3 is 0 Å². The molecule has 0 aliphatic rings. The molecule has 0 aliphatic carbocycles. The van der Waals surface area contributed by atoms with Crippen molar-refractivity contribution in [2.75, 3.05) is 19.3 Å². The quantitative estimate of drug-likeness (QED) is 0.762. The molecule has 2 N–H and O–H groups in total. The number of hydrogen-bond acceptors (Lipinski definition) is 3. The molecule has 0 bridgehead atoms. The Hall–Kier alpha value is -1.86. The number of carbonyl (C=O) groups excluding carboxylic acids is 1. The van der Waals surface area contributed by atoms with Crippen molar-refractivity contribution in [2.45, 2.75) is 32.7 Å². The van der Waals surface area contributed by atoms with Crippen molar-refractivity contribution < 1.29 is 13.2 Å². The van der Waals surface area contributed by atoms with E-state index in [2.05, 4.69) is 16.4 Å². The molecule has 6 nitrogen and oxygen atoms in total. The Labute approximate surface area is 143 Å². The molecule has 0 radical (unpaired) electrons. The van der Waals surface area contributed by atoms with E-state index >= 15 is 0 Å². The van der Waals surface area contributed by atoms with Crippen molar-refractivity contribution >= 4 is 26.8 Å². The van der Waals surface area contributed by atoms with Gasteiger partial charge in [-0.1, -0.05) is 18.2 Å². The Balaban J connectivity index is 1.81. The van der Waals surface area contributed by atoms with Gasteiger partial charge in [0.15, 0.2) is 0 Å². The summed E-state index contributed by atoms with van der Waals surface area (Å²) in [6.07, 6.45) is 4.03. The third-order valence-electron chi connectivity index (χ3n) is 3.95. The molecule has 0 atom stereocenters. The Kier molecular flexibility index (Phi) is 6.01. The van der Waals surface area contributed by atoms with E-state index in [1.807, 2.05) is 24.4 Å². The van der Waals surface area contributed by atoms with Crippen molar-refractivity contribution in [2.24, 2.45) is 0 Å².